The van der Waals surface area contributed by atoms with Gasteiger partial charge in [-0.05, 0) is 31.2 Å². The summed E-state index contributed by atoms with van der Waals surface area (Å²) in [6.07, 6.45) is 0. The monoisotopic (exact) mass is 287 g/mol. The number of sulfonamides is 1. The zero-order chi connectivity index (χ0) is 14.6. The van der Waals surface area contributed by atoms with E-state index in [9.17, 15) is 13.5 Å². The van der Waals surface area contributed by atoms with Crippen LogP contribution in [-0.4, -0.2) is 33.2 Å². The minimum Gasteiger partial charge on any atom is -0.397 e. The molecule has 0 aliphatic rings. The number of nitrogen functional groups attached to an aromatic ring is 1. The van der Waals surface area contributed by atoms with Crippen molar-refractivity contribution in [3.8, 4) is 0 Å². The first kappa shape index (κ1) is 15.7. The van der Waals surface area contributed by atoms with Gasteiger partial charge in [-0.1, -0.05) is 13.8 Å². The Morgan fingerprint density at radius 3 is 2.42 bits per heavy atom. The fraction of sp³-hybridized carbons (Fsp3) is 0.500. The highest BCUT2D eigenvalue weighted by molar-refractivity contribution is 7.89. The second kappa shape index (κ2) is 6.23. The molecule has 0 bridgehead atoms. The van der Waals surface area contributed by atoms with Crippen LogP contribution in [0.1, 0.15) is 13.8 Å². The number of nitrogens with two attached hydrogens (primary N) is 1. The predicted molar refractivity (Wildman–Crippen MR) is 76.4 cm³/mol. The van der Waals surface area contributed by atoms with E-state index in [2.05, 4.69) is 10.0 Å². The Bertz CT molecular complexity index is 529. The molecule has 0 aliphatic heterocycles. The maximum Gasteiger partial charge on any atom is 0.240 e. The first-order valence-corrected chi connectivity index (χ1v) is 7.50. The van der Waals surface area contributed by atoms with E-state index >= 15 is 0 Å². The highest BCUT2D eigenvalue weighted by Crippen LogP contribution is 2.24. The number of aliphatic hydroxyl groups is 1. The van der Waals surface area contributed by atoms with Gasteiger partial charge in [0.15, 0.2) is 0 Å². The molecule has 1 aromatic rings. The maximum atomic E-state index is 11.6. The van der Waals surface area contributed by atoms with Gasteiger partial charge in [-0.2, -0.15) is 0 Å². The third kappa shape index (κ3) is 3.82. The molecule has 7 heteroatoms. The molecule has 0 radical (unpaired) electrons. The predicted octanol–water partition coefficient (Wildman–Crippen LogP) is 0.606. The first-order chi connectivity index (χ1) is 8.81. The number of rotatable bonds is 6. The molecule has 0 aromatic heterocycles. The van der Waals surface area contributed by atoms with Crippen LogP contribution in [0, 0.1) is 5.92 Å². The van der Waals surface area contributed by atoms with E-state index in [1.807, 2.05) is 13.8 Å². The van der Waals surface area contributed by atoms with Gasteiger partial charge in [0, 0.05) is 0 Å². The van der Waals surface area contributed by atoms with E-state index in [0.29, 0.717) is 11.4 Å². The normalized spacial score (nSPS) is 13.5. The lowest BCUT2D eigenvalue weighted by molar-refractivity contribution is 0.249. The molecule has 0 saturated carbocycles. The van der Waals surface area contributed by atoms with Crippen molar-refractivity contribution in [2.45, 2.75) is 24.8 Å². The number of aliphatic hydroxyl groups excluding tert-OH is 1. The van der Waals surface area contributed by atoms with Crippen molar-refractivity contribution in [1.82, 2.24) is 4.72 Å². The van der Waals surface area contributed by atoms with Crippen LogP contribution in [-0.2, 0) is 10.0 Å². The van der Waals surface area contributed by atoms with Gasteiger partial charge in [0.05, 0.1) is 28.9 Å². The summed E-state index contributed by atoms with van der Waals surface area (Å²) in [5.41, 5.74) is 6.78. The molecule has 1 rings (SSSR count). The summed E-state index contributed by atoms with van der Waals surface area (Å²) >= 11 is 0. The molecular formula is C12H21N3O3S. The lowest BCUT2D eigenvalue weighted by atomic mass is 10.0. The van der Waals surface area contributed by atoms with Gasteiger partial charge in [0.25, 0.3) is 0 Å². The Hall–Kier alpha value is -1.31. The van der Waals surface area contributed by atoms with Gasteiger partial charge < -0.3 is 16.2 Å². The van der Waals surface area contributed by atoms with Gasteiger partial charge in [-0.3, -0.25) is 0 Å². The first-order valence-electron chi connectivity index (χ1n) is 6.02. The van der Waals surface area contributed by atoms with Crippen LogP contribution in [0.4, 0.5) is 11.4 Å². The summed E-state index contributed by atoms with van der Waals surface area (Å²) in [6.45, 7) is 3.93. The van der Waals surface area contributed by atoms with E-state index in [1.165, 1.54) is 19.2 Å². The number of anilines is 2. The van der Waals surface area contributed by atoms with E-state index in [4.69, 9.17) is 5.73 Å². The van der Waals surface area contributed by atoms with E-state index in [0.717, 1.165) is 0 Å². The van der Waals surface area contributed by atoms with Crippen molar-refractivity contribution in [1.29, 1.82) is 0 Å². The Morgan fingerprint density at radius 1 is 1.37 bits per heavy atom. The smallest absolute Gasteiger partial charge is 0.240 e. The summed E-state index contributed by atoms with van der Waals surface area (Å²) in [7, 11) is -2.15. The summed E-state index contributed by atoms with van der Waals surface area (Å²) < 4.78 is 25.5. The second-order valence-corrected chi connectivity index (χ2v) is 6.52. The largest absolute Gasteiger partial charge is 0.397 e. The lowest BCUT2D eigenvalue weighted by Gasteiger charge is -2.22. The van der Waals surface area contributed by atoms with Crippen molar-refractivity contribution in [2.24, 2.45) is 5.92 Å². The minimum absolute atomic E-state index is 0.0202. The maximum absolute atomic E-state index is 11.6. The molecule has 0 amide bonds. The van der Waals surface area contributed by atoms with Gasteiger partial charge in [-0.15, -0.1) is 0 Å². The Morgan fingerprint density at radius 2 is 2.00 bits per heavy atom. The molecule has 0 fully saturated rings. The fourth-order valence-electron chi connectivity index (χ4n) is 1.58. The third-order valence-corrected chi connectivity index (χ3v) is 4.36. The molecule has 1 unspecified atom stereocenters. The SMILES string of the molecule is CNS(=O)(=O)c1ccc(NC(CO)C(C)C)c(N)c1. The zero-order valence-electron chi connectivity index (χ0n) is 11.3. The Balaban J connectivity index is 3.02. The lowest BCUT2D eigenvalue weighted by Crippen LogP contribution is -2.29. The van der Waals surface area contributed by atoms with Crippen LogP contribution in [0.15, 0.2) is 23.1 Å². The molecule has 0 spiro atoms. The van der Waals surface area contributed by atoms with Gasteiger partial charge in [-0.25, -0.2) is 13.1 Å². The number of hydrogen-bond donors (Lipinski definition) is 4. The standard InChI is InChI=1S/C12H21N3O3S/c1-8(2)12(7-16)15-11-5-4-9(6-10(11)13)19(17,18)14-3/h4-6,8,12,14-16H,7,13H2,1-3H3. The quantitative estimate of drug-likeness (QED) is 0.574. The summed E-state index contributed by atoms with van der Waals surface area (Å²) in [6, 6.07) is 4.33. The average Bonchev–Trinajstić information content (AvgIpc) is 2.36. The number of benzene rings is 1. The minimum atomic E-state index is -3.49. The molecule has 1 aromatic carbocycles. The number of nitrogens with one attached hydrogen (secondary N) is 2. The topological polar surface area (TPSA) is 104 Å². The van der Waals surface area contributed by atoms with Crippen molar-refractivity contribution in [2.75, 3.05) is 24.7 Å². The molecular weight excluding hydrogens is 266 g/mol. The van der Waals surface area contributed by atoms with Crippen molar-refractivity contribution in [3.05, 3.63) is 18.2 Å². The summed E-state index contributed by atoms with van der Waals surface area (Å²) in [5.74, 6) is 0.227. The summed E-state index contributed by atoms with van der Waals surface area (Å²) in [4.78, 5) is 0.114. The zero-order valence-corrected chi connectivity index (χ0v) is 12.2. The van der Waals surface area contributed by atoms with E-state index in [1.54, 1.807) is 6.07 Å². The molecule has 0 heterocycles. The Kier molecular flexibility index (Phi) is 5.16. The van der Waals surface area contributed by atoms with Crippen LogP contribution in [0.2, 0.25) is 0 Å². The molecule has 5 N–H and O–H groups in total. The summed E-state index contributed by atoms with van der Waals surface area (Å²) in [5, 5.41) is 12.4. The molecule has 19 heavy (non-hydrogen) atoms. The van der Waals surface area contributed by atoms with Crippen molar-refractivity contribution in [3.63, 3.8) is 0 Å². The molecule has 108 valence electrons. The molecule has 0 aliphatic carbocycles. The Labute approximate surface area is 114 Å². The van der Waals surface area contributed by atoms with Gasteiger partial charge in [0.1, 0.15) is 0 Å². The van der Waals surface area contributed by atoms with Gasteiger partial charge >= 0.3 is 0 Å². The van der Waals surface area contributed by atoms with Crippen LogP contribution in [0.3, 0.4) is 0 Å². The second-order valence-electron chi connectivity index (χ2n) is 4.63. The highest BCUT2D eigenvalue weighted by atomic mass is 32.2. The molecule has 0 saturated heterocycles. The van der Waals surface area contributed by atoms with Crippen LogP contribution in [0.25, 0.3) is 0 Å². The van der Waals surface area contributed by atoms with Gasteiger partial charge in [0.2, 0.25) is 10.0 Å². The highest BCUT2D eigenvalue weighted by Gasteiger charge is 2.16. The van der Waals surface area contributed by atoms with E-state index in [-0.39, 0.29) is 23.5 Å². The van der Waals surface area contributed by atoms with Crippen LogP contribution >= 0.6 is 0 Å². The fourth-order valence-corrected chi connectivity index (χ4v) is 2.35. The molecule has 1 atom stereocenters. The van der Waals surface area contributed by atoms with Crippen molar-refractivity contribution < 1.29 is 13.5 Å². The number of hydrogen-bond acceptors (Lipinski definition) is 5. The third-order valence-electron chi connectivity index (χ3n) is 2.94. The van der Waals surface area contributed by atoms with E-state index < -0.39 is 10.0 Å². The van der Waals surface area contributed by atoms with Crippen molar-refractivity contribution >= 4 is 21.4 Å². The molecule has 6 nitrogen and oxygen atoms in total. The average molecular weight is 287 g/mol. The van der Waals surface area contributed by atoms with Crippen LogP contribution in [0.5, 0.6) is 0 Å². The van der Waals surface area contributed by atoms with Crippen LogP contribution < -0.4 is 15.8 Å².